The van der Waals surface area contributed by atoms with Crippen LogP contribution in [0, 0.1) is 6.92 Å². The number of carbonyl (C=O) groups is 2. The van der Waals surface area contributed by atoms with E-state index in [1.165, 1.54) is 4.68 Å². The van der Waals surface area contributed by atoms with Gasteiger partial charge in [-0.15, -0.1) is 0 Å². The summed E-state index contributed by atoms with van der Waals surface area (Å²) in [6.07, 6.45) is 1.69. The van der Waals surface area contributed by atoms with E-state index in [1.54, 1.807) is 6.07 Å². The molecular weight excluding hydrogens is 396 g/mol. The molecule has 2 aliphatic rings. The highest BCUT2D eigenvalue weighted by molar-refractivity contribution is 7.90. The van der Waals surface area contributed by atoms with E-state index in [1.807, 2.05) is 25.1 Å². The largest absolute Gasteiger partial charge is 0.376 e. The molecule has 154 valence electrons. The zero-order valence-corrected chi connectivity index (χ0v) is 16.8. The smallest absolute Gasteiger partial charge is 0.314 e. The van der Waals surface area contributed by atoms with Crippen molar-refractivity contribution in [1.82, 2.24) is 15.1 Å². The first-order valence-electron chi connectivity index (χ1n) is 9.41. The van der Waals surface area contributed by atoms with Gasteiger partial charge in [0.15, 0.2) is 9.84 Å². The number of nitrogens with zero attached hydrogens (tertiary/aromatic N) is 2. The topological polar surface area (TPSA) is 119 Å². The van der Waals surface area contributed by atoms with Gasteiger partial charge >= 0.3 is 11.8 Å². The maximum atomic E-state index is 12.5. The Bertz CT molecular complexity index is 1070. The summed E-state index contributed by atoms with van der Waals surface area (Å²) in [7, 11) is -3.31. The van der Waals surface area contributed by atoms with Crippen LogP contribution in [0.15, 0.2) is 24.3 Å². The molecule has 2 aromatic rings. The second kappa shape index (κ2) is 7.60. The fourth-order valence-electron chi connectivity index (χ4n) is 3.57. The lowest BCUT2D eigenvalue weighted by Crippen LogP contribution is -2.39. The maximum absolute atomic E-state index is 12.5. The number of sulfone groups is 1. The van der Waals surface area contributed by atoms with Crippen molar-refractivity contribution >= 4 is 27.5 Å². The van der Waals surface area contributed by atoms with Crippen LogP contribution in [-0.2, 0) is 35.7 Å². The number of aromatic nitrogens is 2. The summed E-state index contributed by atoms with van der Waals surface area (Å²) in [6, 6.07) is 7.43. The number of hydrogen-bond donors (Lipinski definition) is 2. The average molecular weight is 418 g/mol. The molecule has 0 saturated carbocycles. The molecule has 1 aromatic heterocycles. The molecule has 2 N–H and O–H groups in total. The van der Waals surface area contributed by atoms with Gasteiger partial charge in [-0.05, 0) is 37.5 Å². The van der Waals surface area contributed by atoms with E-state index < -0.39 is 21.7 Å². The molecule has 10 heteroatoms. The Morgan fingerprint density at radius 2 is 2.10 bits per heavy atom. The number of aryl methyl sites for hydroxylation is 1. The van der Waals surface area contributed by atoms with Crippen LogP contribution >= 0.6 is 0 Å². The Kier molecular flexibility index (Phi) is 5.13. The van der Waals surface area contributed by atoms with E-state index in [-0.39, 0.29) is 30.0 Å². The van der Waals surface area contributed by atoms with Crippen LogP contribution < -0.4 is 10.6 Å². The van der Waals surface area contributed by atoms with Gasteiger partial charge in [0.25, 0.3) is 0 Å². The number of ether oxygens (including phenoxy) is 1. The molecule has 1 atom stereocenters. The molecule has 2 amide bonds. The minimum Gasteiger partial charge on any atom is -0.376 e. The number of benzene rings is 1. The van der Waals surface area contributed by atoms with Gasteiger partial charge in [0.05, 0.1) is 29.0 Å². The Hall–Kier alpha value is -2.72. The van der Waals surface area contributed by atoms with E-state index >= 15 is 0 Å². The Balaban J connectivity index is 1.58. The molecule has 1 aromatic carbocycles. The third-order valence-corrected chi connectivity index (χ3v) is 6.43. The fourth-order valence-corrected chi connectivity index (χ4v) is 5.07. The number of nitrogens with one attached hydrogen (secondary N) is 2. The van der Waals surface area contributed by atoms with Crippen molar-refractivity contribution in [3.63, 3.8) is 0 Å². The van der Waals surface area contributed by atoms with Gasteiger partial charge in [0, 0.05) is 18.7 Å². The predicted octanol–water partition coefficient (Wildman–Crippen LogP) is 0.843. The van der Waals surface area contributed by atoms with Crippen LogP contribution in [0.25, 0.3) is 5.69 Å². The SMILES string of the molecule is Cc1cccc(-n2nc3c(c2NC(=O)C(=O)NCC2CCCO2)CS(=O)(=O)C3)c1. The van der Waals surface area contributed by atoms with Crippen LogP contribution in [0.4, 0.5) is 5.82 Å². The monoisotopic (exact) mass is 418 g/mol. The molecule has 2 aliphatic heterocycles. The molecule has 0 radical (unpaired) electrons. The van der Waals surface area contributed by atoms with Crippen molar-refractivity contribution < 1.29 is 22.7 Å². The van der Waals surface area contributed by atoms with Crippen molar-refractivity contribution in [2.45, 2.75) is 37.4 Å². The maximum Gasteiger partial charge on any atom is 0.314 e. The zero-order chi connectivity index (χ0) is 20.6. The highest BCUT2D eigenvalue weighted by atomic mass is 32.2. The summed E-state index contributed by atoms with van der Waals surface area (Å²) in [4.78, 5) is 24.7. The molecular formula is C19H22N4O5S. The molecule has 1 unspecified atom stereocenters. The van der Waals surface area contributed by atoms with E-state index in [9.17, 15) is 18.0 Å². The normalized spacial score (nSPS) is 19.7. The minimum atomic E-state index is -3.31. The van der Waals surface area contributed by atoms with Crippen LogP contribution in [0.2, 0.25) is 0 Å². The summed E-state index contributed by atoms with van der Waals surface area (Å²) in [5.41, 5.74) is 2.47. The second-order valence-electron chi connectivity index (χ2n) is 7.36. The summed E-state index contributed by atoms with van der Waals surface area (Å²) >= 11 is 0. The third kappa shape index (κ3) is 4.18. The summed E-state index contributed by atoms with van der Waals surface area (Å²) in [5.74, 6) is -1.86. The average Bonchev–Trinajstić information content (AvgIpc) is 3.35. The van der Waals surface area contributed by atoms with E-state index in [2.05, 4.69) is 15.7 Å². The quantitative estimate of drug-likeness (QED) is 0.710. The lowest BCUT2D eigenvalue weighted by molar-refractivity contribution is -0.136. The zero-order valence-electron chi connectivity index (χ0n) is 16.0. The van der Waals surface area contributed by atoms with Crippen LogP contribution in [0.5, 0.6) is 0 Å². The van der Waals surface area contributed by atoms with E-state index in [0.717, 1.165) is 18.4 Å². The van der Waals surface area contributed by atoms with Gasteiger partial charge in [-0.3, -0.25) is 9.59 Å². The van der Waals surface area contributed by atoms with E-state index in [4.69, 9.17) is 4.74 Å². The first-order chi connectivity index (χ1) is 13.8. The van der Waals surface area contributed by atoms with Gasteiger partial charge in [-0.25, -0.2) is 13.1 Å². The van der Waals surface area contributed by atoms with Gasteiger partial charge in [0.1, 0.15) is 5.82 Å². The van der Waals surface area contributed by atoms with Crippen molar-refractivity contribution in [2.24, 2.45) is 0 Å². The fraction of sp³-hybridized carbons (Fsp3) is 0.421. The molecule has 3 heterocycles. The van der Waals surface area contributed by atoms with Gasteiger partial charge < -0.3 is 15.4 Å². The van der Waals surface area contributed by atoms with Crippen LogP contribution in [0.1, 0.15) is 29.7 Å². The van der Waals surface area contributed by atoms with Crippen molar-refractivity contribution in [2.75, 3.05) is 18.5 Å². The van der Waals surface area contributed by atoms with E-state index in [0.29, 0.717) is 23.6 Å². The number of amides is 2. The van der Waals surface area contributed by atoms with Crippen molar-refractivity contribution in [1.29, 1.82) is 0 Å². The molecule has 29 heavy (non-hydrogen) atoms. The number of anilines is 1. The standard InChI is InChI=1S/C19H22N4O5S/c1-12-4-2-5-13(8-12)23-17(15-10-29(26,27)11-16(15)22-23)21-19(25)18(24)20-9-14-6-3-7-28-14/h2,4-5,8,14H,3,6-7,9-11H2,1H3,(H,20,24)(H,21,25). The number of fused-ring (bicyclic) bond motifs is 1. The third-order valence-electron chi connectivity index (χ3n) is 4.99. The highest BCUT2D eigenvalue weighted by Gasteiger charge is 2.34. The van der Waals surface area contributed by atoms with Gasteiger partial charge in [-0.2, -0.15) is 5.10 Å². The minimum absolute atomic E-state index is 0.0843. The van der Waals surface area contributed by atoms with Gasteiger partial charge in [-0.1, -0.05) is 12.1 Å². The molecule has 0 bridgehead atoms. The Morgan fingerprint density at radius 3 is 2.83 bits per heavy atom. The molecule has 4 rings (SSSR count). The molecule has 1 fully saturated rings. The second-order valence-corrected chi connectivity index (χ2v) is 9.42. The number of carbonyl (C=O) groups excluding carboxylic acids is 2. The summed E-state index contributed by atoms with van der Waals surface area (Å²) in [6.45, 7) is 2.83. The molecule has 1 saturated heterocycles. The molecule has 0 spiro atoms. The molecule has 9 nitrogen and oxygen atoms in total. The van der Waals surface area contributed by atoms with Crippen LogP contribution in [0.3, 0.4) is 0 Å². The number of hydrogen-bond acceptors (Lipinski definition) is 6. The highest BCUT2D eigenvalue weighted by Crippen LogP contribution is 2.33. The predicted molar refractivity (Wildman–Crippen MR) is 105 cm³/mol. The Morgan fingerprint density at radius 1 is 1.28 bits per heavy atom. The van der Waals surface area contributed by atoms with Crippen LogP contribution in [-0.4, -0.2) is 49.3 Å². The summed E-state index contributed by atoms with van der Waals surface area (Å²) in [5, 5.41) is 9.52. The Labute approximate surface area is 168 Å². The first kappa shape index (κ1) is 19.6. The van der Waals surface area contributed by atoms with Crippen molar-refractivity contribution in [3.05, 3.63) is 41.1 Å². The molecule has 0 aliphatic carbocycles. The lowest BCUT2D eigenvalue weighted by atomic mass is 10.2. The van der Waals surface area contributed by atoms with Crippen molar-refractivity contribution in [3.8, 4) is 5.69 Å². The first-order valence-corrected chi connectivity index (χ1v) is 11.2. The summed E-state index contributed by atoms with van der Waals surface area (Å²) < 4.78 is 31.0. The van der Waals surface area contributed by atoms with Gasteiger partial charge in [0.2, 0.25) is 0 Å². The lowest BCUT2D eigenvalue weighted by Gasteiger charge is -2.13. The number of rotatable bonds is 4.